The maximum Gasteiger partial charge on any atom is 0.337 e. The number of aromatic carboxylic acids is 1. The Morgan fingerprint density at radius 3 is 2.73 bits per heavy atom. The van der Waals surface area contributed by atoms with Crippen LogP contribution in [0.4, 0.5) is 10.8 Å². The predicted octanol–water partition coefficient (Wildman–Crippen LogP) is 3.51. The van der Waals surface area contributed by atoms with Crippen molar-refractivity contribution in [3.8, 4) is 0 Å². The zero-order chi connectivity index (χ0) is 21.8. The van der Waals surface area contributed by atoms with Crippen molar-refractivity contribution < 1.29 is 19.5 Å². The van der Waals surface area contributed by atoms with E-state index in [-0.39, 0.29) is 35.5 Å². The minimum Gasteiger partial charge on any atom is -0.478 e. The Labute approximate surface area is 186 Å². The maximum atomic E-state index is 12.7. The summed E-state index contributed by atoms with van der Waals surface area (Å²) < 4.78 is 0.623. The number of likely N-dealkylation sites (tertiary alicyclic amines) is 1. The molecule has 1 aliphatic heterocycles. The topological polar surface area (TPSA) is 112 Å². The van der Waals surface area contributed by atoms with E-state index in [1.54, 1.807) is 12.1 Å². The largest absolute Gasteiger partial charge is 0.478 e. The van der Waals surface area contributed by atoms with Crippen LogP contribution in [0.2, 0.25) is 0 Å². The van der Waals surface area contributed by atoms with Gasteiger partial charge in [0.2, 0.25) is 11.8 Å². The number of anilines is 2. The lowest BCUT2D eigenvalue weighted by Crippen LogP contribution is -2.44. The molecule has 2 heterocycles. The molecule has 0 radical (unpaired) electrons. The second-order valence-electron chi connectivity index (χ2n) is 7.27. The molecule has 1 aliphatic rings. The molecule has 10 heteroatoms. The lowest BCUT2D eigenvalue weighted by atomic mass is 9.96. The Hall–Kier alpha value is -2.30. The molecule has 1 aromatic heterocycles. The number of rotatable bonds is 6. The number of carbonyl (C=O) groups is 3. The van der Waals surface area contributed by atoms with Crippen molar-refractivity contribution in [2.45, 2.75) is 26.7 Å². The van der Waals surface area contributed by atoms with Gasteiger partial charge in [-0.2, -0.15) is 0 Å². The first-order valence-corrected chi connectivity index (χ1v) is 11.1. The molecule has 0 aliphatic carbocycles. The van der Waals surface area contributed by atoms with E-state index in [0.29, 0.717) is 22.6 Å². The molecular formula is C20H23BrN4O4S. The fraction of sp³-hybridized carbons (Fsp3) is 0.400. The van der Waals surface area contributed by atoms with Crippen LogP contribution in [0.1, 0.15) is 33.8 Å². The Kier molecular flexibility index (Phi) is 7.22. The number of nitrogens with zero attached hydrogens (tertiary/aromatic N) is 2. The standard InChI is InChI=1S/C20H23BrN4O4S/c1-11-12(2)30-20(22-11)24-17(26)10-25-7-3-4-13(9-25)18(27)23-16-6-5-14(21)8-15(16)19(28)29/h5-6,8,13H,3-4,7,9-10H2,1-2H3,(H,23,27)(H,28,29)(H,22,24,26). The average molecular weight is 495 g/mol. The molecule has 1 atom stereocenters. The fourth-order valence-electron chi connectivity index (χ4n) is 3.34. The summed E-state index contributed by atoms with van der Waals surface area (Å²) in [4.78, 5) is 43.9. The SMILES string of the molecule is Cc1nc(NC(=O)CN2CCCC(C(=O)Nc3ccc(Br)cc3C(=O)O)C2)sc1C. The molecule has 3 rings (SSSR count). The summed E-state index contributed by atoms with van der Waals surface area (Å²) in [5.41, 5.74) is 1.19. The van der Waals surface area contributed by atoms with Gasteiger partial charge in [0.1, 0.15) is 0 Å². The van der Waals surface area contributed by atoms with E-state index in [2.05, 4.69) is 31.5 Å². The van der Waals surface area contributed by atoms with Gasteiger partial charge in [-0.15, -0.1) is 11.3 Å². The second-order valence-corrected chi connectivity index (χ2v) is 9.39. The number of amides is 2. The molecule has 8 nitrogen and oxygen atoms in total. The van der Waals surface area contributed by atoms with Crippen LogP contribution in [-0.4, -0.2) is 52.4 Å². The second kappa shape index (κ2) is 9.67. The lowest BCUT2D eigenvalue weighted by molar-refractivity contribution is -0.123. The molecule has 1 unspecified atom stereocenters. The van der Waals surface area contributed by atoms with Crippen LogP contribution in [0.15, 0.2) is 22.7 Å². The number of hydrogen-bond donors (Lipinski definition) is 3. The molecule has 2 aromatic rings. The van der Waals surface area contributed by atoms with Crippen molar-refractivity contribution in [3.63, 3.8) is 0 Å². The third kappa shape index (κ3) is 5.65. The molecule has 1 aromatic carbocycles. The lowest BCUT2D eigenvalue weighted by Gasteiger charge is -2.31. The van der Waals surface area contributed by atoms with Crippen molar-refractivity contribution >= 4 is 55.9 Å². The molecule has 3 N–H and O–H groups in total. The molecule has 0 saturated carbocycles. The zero-order valence-corrected chi connectivity index (χ0v) is 19.1. The summed E-state index contributed by atoms with van der Waals surface area (Å²) >= 11 is 4.68. The summed E-state index contributed by atoms with van der Waals surface area (Å²) in [6.07, 6.45) is 1.47. The average Bonchev–Trinajstić information content (AvgIpc) is 2.99. The van der Waals surface area contributed by atoms with Crippen molar-refractivity contribution in [2.24, 2.45) is 5.92 Å². The molecule has 0 bridgehead atoms. The van der Waals surface area contributed by atoms with E-state index in [4.69, 9.17) is 0 Å². The number of aryl methyl sites for hydroxylation is 2. The minimum atomic E-state index is -1.11. The van der Waals surface area contributed by atoms with Gasteiger partial charge in [0.05, 0.1) is 29.4 Å². The molecule has 1 fully saturated rings. The van der Waals surface area contributed by atoms with Crippen molar-refractivity contribution in [2.75, 3.05) is 30.3 Å². The van der Waals surface area contributed by atoms with E-state index < -0.39 is 5.97 Å². The number of thiazole rings is 1. The Morgan fingerprint density at radius 1 is 1.30 bits per heavy atom. The highest BCUT2D eigenvalue weighted by atomic mass is 79.9. The fourth-order valence-corrected chi connectivity index (χ4v) is 4.53. The van der Waals surface area contributed by atoms with E-state index in [1.165, 1.54) is 17.4 Å². The number of piperidine rings is 1. The molecule has 1 saturated heterocycles. The first-order valence-electron chi connectivity index (χ1n) is 9.53. The van der Waals surface area contributed by atoms with Gasteiger partial charge in [0.15, 0.2) is 5.13 Å². The Morgan fingerprint density at radius 2 is 2.07 bits per heavy atom. The smallest absolute Gasteiger partial charge is 0.337 e. The van der Waals surface area contributed by atoms with Gasteiger partial charge in [0.25, 0.3) is 0 Å². The summed E-state index contributed by atoms with van der Waals surface area (Å²) in [6, 6.07) is 4.70. The van der Waals surface area contributed by atoms with Crippen LogP contribution in [-0.2, 0) is 9.59 Å². The first-order chi connectivity index (χ1) is 14.2. The van der Waals surface area contributed by atoms with Crippen LogP contribution < -0.4 is 10.6 Å². The number of nitrogens with one attached hydrogen (secondary N) is 2. The maximum absolute atomic E-state index is 12.7. The summed E-state index contributed by atoms with van der Waals surface area (Å²) in [7, 11) is 0. The highest BCUT2D eigenvalue weighted by molar-refractivity contribution is 9.10. The summed E-state index contributed by atoms with van der Waals surface area (Å²) in [6.45, 7) is 5.20. The molecular weight excluding hydrogens is 472 g/mol. The van der Waals surface area contributed by atoms with Gasteiger partial charge in [0, 0.05) is 15.9 Å². The van der Waals surface area contributed by atoms with Gasteiger partial charge in [-0.1, -0.05) is 15.9 Å². The number of carboxylic acid groups (broad SMARTS) is 1. The number of hydrogen-bond acceptors (Lipinski definition) is 6. The predicted molar refractivity (Wildman–Crippen MR) is 119 cm³/mol. The third-order valence-corrected chi connectivity index (χ3v) is 6.47. The third-order valence-electron chi connectivity index (χ3n) is 4.99. The molecule has 2 amide bonds. The monoisotopic (exact) mass is 494 g/mol. The number of halogens is 1. The number of carbonyl (C=O) groups excluding carboxylic acids is 2. The summed E-state index contributed by atoms with van der Waals surface area (Å²) in [5.74, 6) is -1.83. The van der Waals surface area contributed by atoms with Gasteiger partial charge < -0.3 is 15.7 Å². The van der Waals surface area contributed by atoms with Gasteiger partial charge in [-0.05, 0) is 51.4 Å². The van der Waals surface area contributed by atoms with Crippen LogP contribution in [0, 0.1) is 19.8 Å². The highest BCUT2D eigenvalue weighted by Crippen LogP contribution is 2.24. The first kappa shape index (κ1) is 22.4. The van der Waals surface area contributed by atoms with Gasteiger partial charge in [-0.25, -0.2) is 9.78 Å². The minimum absolute atomic E-state index is 0.0267. The van der Waals surface area contributed by atoms with E-state index in [9.17, 15) is 19.5 Å². The summed E-state index contributed by atoms with van der Waals surface area (Å²) in [5, 5.41) is 15.5. The quantitative estimate of drug-likeness (QED) is 0.566. The molecule has 0 spiro atoms. The molecule has 30 heavy (non-hydrogen) atoms. The Bertz CT molecular complexity index is 958. The number of benzene rings is 1. The Balaban J connectivity index is 1.58. The van der Waals surface area contributed by atoms with E-state index in [0.717, 1.165) is 23.5 Å². The van der Waals surface area contributed by atoms with Crippen molar-refractivity contribution in [1.29, 1.82) is 0 Å². The van der Waals surface area contributed by atoms with E-state index in [1.807, 2.05) is 18.7 Å². The van der Waals surface area contributed by atoms with Crippen molar-refractivity contribution in [1.82, 2.24) is 9.88 Å². The number of carboxylic acids is 1. The van der Waals surface area contributed by atoms with Gasteiger partial charge in [-0.3, -0.25) is 14.5 Å². The zero-order valence-electron chi connectivity index (χ0n) is 16.7. The van der Waals surface area contributed by atoms with Gasteiger partial charge >= 0.3 is 5.97 Å². The normalized spacial score (nSPS) is 16.8. The van der Waals surface area contributed by atoms with Crippen molar-refractivity contribution in [3.05, 3.63) is 38.8 Å². The van der Waals surface area contributed by atoms with Crippen LogP contribution in [0.5, 0.6) is 0 Å². The van der Waals surface area contributed by atoms with Crippen LogP contribution in [0.3, 0.4) is 0 Å². The number of aromatic nitrogens is 1. The van der Waals surface area contributed by atoms with E-state index >= 15 is 0 Å². The van der Waals surface area contributed by atoms with Crippen LogP contribution in [0.25, 0.3) is 0 Å². The van der Waals surface area contributed by atoms with Crippen LogP contribution >= 0.6 is 27.3 Å². The molecule has 160 valence electrons. The highest BCUT2D eigenvalue weighted by Gasteiger charge is 2.28.